The number of nitrogens with zero attached hydrogens (tertiary/aromatic N) is 3. The summed E-state index contributed by atoms with van der Waals surface area (Å²) in [7, 11) is -7.92. The van der Waals surface area contributed by atoms with Gasteiger partial charge in [-0.3, -0.25) is 25.7 Å². The number of nitro groups is 2. The summed E-state index contributed by atoms with van der Waals surface area (Å²) in [6.07, 6.45) is -18.5. The van der Waals surface area contributed by atoms with E-state index in [1.807, 2.05) is 0 Å². The van der Waals surface area contributed by atoms with Crippen LogP contribution in [0.5, 0.6) is 0 Å². The third kappa shape index (κ3) is 6.22. The zero-order valence-electron chi connectivity index (χ0n) is 17.5. The predicted molar refractivity (Wildman–Crippen MR) is 97.3 cm³/mol. The minimum absolute atomic E-state index is 0.302. The second-order valence-electron chi connectivity index (χ2n) is 6.79. The molecule has 0 aromatic heterocycles. The number of nitro benzene ring substituents is 2. The lowest BCUT2D eigenvalue weighted by atomic mass is 10.0. The van der Waals surface area contributed by atoms with Crippen LogP contribution >= 0.6 is 0 Å². The monoisotopic (exact) mass is 622 g/mol. The van der Waals surface area contributed by atoms with Crippen LogP contribution in [0.3, 0.4) is 0 Å². The highest BCUT2D eigenvalue weighted by atomic mass is 32.3. The second kappa shape index (κ2) is 10.2. The summed E-state index contributed by atoms with van der Waals surface area (Å²) in [5, 5.41) is 16.8. The fraction of sp³-hybridized carbons (Fsp3) is 0.500. The van der Waals surface area contributed by atoms with Gasteiger partial charge in [-0.2, -0.15) is 66.2 Å². The number of hydrazone groups is 1. The lowest BCUT2D eigenvalue weighted by Crippen LogP contribution is -2.65. The summed E-state index contributed by atoms with van der Waals surface area (Å²) in [4.78, 5) is 19.1. The molecule has 0 radical (unpaired) electrons. The first-order chi connectivity index (χ1) is 17.2. The zero-order chi connectivity index (χ0) is 31.0. The molecule has 0 amide bonds. The van der Waals surface area contributed by atoms with Gasteiger partial charge in [-0.05, 0) is 6.07 Å². The molecule has 1 N–H and O–H groups in total. The third-order valence-electron chi connectivity index (χ3n) is 4.13. The Balaban J connectivity index is 3.22. The van der Waals surface area contributed by atoms with Gasteiger partial charge in [0.1, 0.15) is 5.69 Å². The maximum Gasteiger partial charge on any atom is 0.464 e. The van der Waals surface area contributed by atoms with Crippen LogP contribution in [0, 0.1) is 20.2 Å². The minimum Gasteiger partial charge on any atom is -0.272 e. The molecule has 25 heteroatoms. The Morgan fingerprint density at radius 2 is 1.38 bits per heavy atom. The molecule has 0 atom stereocenters. The highest BCUT2D eigenvalue weighted by molar-refractivity contribution is 7.87. The SMILES string of the molecule is O=[N+]([O-])c1ccc(N/N=C\CC(F)(F)C(F)(F)C(F)(F)C(F)(F)OC(F)(F)C(F)(F)S(=O)(=O)F)c([N+](=O)[O-])c1. The maximum atomic E-state index is 13.7. The first-order valence-electron chi connectivity index (χ1n) is 8.78. The molecule has 222 valence electrons. The van der Waals surface area contributed by atoms with Gasteiger partial charge >= 0.3 is 51.1 Å². The average molecular weight is 622 g/mol. The van der Waals surface area contributed by atoms with Crippen molar-refractivity contribution in [3.63, 3.8) is 0 Å². The average Bonchev–Trinajstić information content (AvgIpc) is 2.74. The van der Waals surface area contributed by atoms with Gasteiger partial charge in [0, 0.05) is 12.3 Å². The predicted octanol–water partition coefficient (Wildman–Crippen LogP) is 5.29. The number of anilines is 1. The highest BCUT2D eigenvalue weighted by Gasteiger charge is 2.84. The van der Waals surface area contributed by atoms with Gasteiger partial charge in [-0.15, -0.1) is 0 Å². The van der Waals surface area contributed by atoms with E-state index in [0.29, 0.717) is 18.2 Å². The van der Waals surface area contributed by atoms with Crippen LogP contribution < -0.4 is 5.43 Å². The van der Waals surface area contributed by atoms with Gasteiger partial charge in [-0.25, -0.2) is 4.74 Å². The van der Waals surface area contributed by atoms with Crippen molar-refractivity contribution in [1.29, 1.82) is 0 Å². The molecule has 0 aliphatic rings. The lowest BCUT2D eigenvalue weighted by molar-refractivity contribution is -0.488. The molecule has 1 aromatic carbocycles. The van der Waals surface area contributed by atoms with Gasteiger partial charge in [0.2, 0.25) is 0 Å². The fourth-order valence-corrected chi connectivity index (χ4v) is 2.45. The molecule has 11 nitrogen and oxygen atoms in total. The van der Waals surface area contributed by atoms with Crippen LogP contribution in [0.2, 0.25) is 0 Å². The molecule has 0 saturated carbocycles. The zero-order valence-corrected chi connectivity index (χ0v) is 18.4. The Morgan fingerprint density at radius 3 is 1.82 bits per heavy atom. The summed E-state index contributed by atoms with van der Waals surface area (Å²) in [5.41, 5.74) is -1.36. The van der Waals surface area contributed by atoms with Crippen molar-refractivity contribution in [2.45, 2.75) is 41.7 Å². The third-order valence-corrected chi connectivity index (χ3v) is 4.98. The molecule has 0 aliphatic heterocycles. The molecule has 39 heavy (non-hydrogen) atoms. The van der Waals surface area contributed by atoms with Crippen molar-refractivity contribution < 1.29 is 79.6 Å². The molecule has 0 bridgehead atoms. The Morgan fingerprint density at radius 1 is 0.872 bits per heavy atom. The van der Waals surface area contributed by atoms with Crippen molar-refractivity contribution in [2.75, 3.05) is 5.43 Å². The van der Waals surface area contributed by atoms with Crippen molar-refractivity contribution in [1.82, 2.24) is 0 Å². The number of nitrogens with one attached hydrogen (secondary N) is 1. The first-order valence-corrected chi connectivity index (χ1v) is 10.2. The highest BCUT2D eigenvalue weighted by Crippen LogP contribution is 2.56. The summed E-state index contributed by atoms with van der Waals surface area (Å²) in [6.45, 7) is 0. The molecule has 1 aromatic rings. The van der Waals surface area contributed by atoms with E-state index in [-0.39, 0.29) is 0 Å². The van der Waals surface area contributed by atoms with Crippen LogP contribution in [0.15, 0.2) is 23.3 Å². The van der Waals surface area contributed by atoms with E-state index in [4.69, 9.17) is 0 Å². The second-order valence-corrected chi connectivity index (χ2v) is 8.18. The van der Waals surface area contributed by atoms with Crippen molar-refractivity contribution in [2.24, 2.45) is 5.10 Å². The van der Waals surface area contributed by atoms with E-state index >= 15 is 0 Å². The smallest absolute Gasteiger partial charge is 0.272 e. The van der Waals surface area contributed by atoms with E-state index in [1.54, 1.807) is 0 Å². The van der Waals surface area contributed by atoms with Crippen LogP contribution in [-0.4, -0.2) is 59.7 Å². The standard InChI is InChI=1S/C14H7F13N4O7S/c15-9(16,3-4-28-29-7-2-1-6(30(32)33)5-8(7)31(34)35)10(17,18)11(19,20)12(21,22)38-13(23,24)14(25,26)39(27,36)37/h1-2,4-5,29H,3H2/b28-4-. The molecule has 1 rings (SSSR count). The van der Waals surface area contributed by atoms with Crippen LogP contribution in [-0.2, 0) is 15.0 Å². The number of non-ortho nitro benzene ring substituents is 1. The van der Waals surface area contributed by atoms with Crippen LogP contribution in [0.4, 0.5) is 73.6 Å². The van der Waals surface area contributed by atoms with Gasteiger partial charge in [0.15, 0.2) is 0 Å². The Labute approximate surface area is 204 Å². The molecule has 0 saturated heterocycles. The van der Waals surface area contributed by atoms with E-state index in [1.165, 1.54) is 10.2 Å². The van der Waals surface area contributed by atoms with E-state index in [0.717, 1.165) is 0 Å². The van der Waals surface area contributed by atoms with E-state index in [2.05, 4.69) is 5.10 Å². The maximum absolute atomic E-state index is 13.7. The lowest BCUT2D eigenvalue weighted by Gasteiger charge is -2.37. The summed E-state index contributed by atoms with van der Waals surface area (Å²) >= 11 is 0. The van der Waals surface area contributed by atoms with Crippen molar-refractivity contribution in [3.8, 4) is 0 Å². The van der Waals surface area contributed by atoms with Gasteiger partial charge in [0.05, 0.1) is 22.3 Å². The number of hydrogen-bond donors (Lipinski definition) is 1. The molecule has 0 fully saturated rings. The molecular formula is C14H7F13N4O7S. The number of rotatable bonds is 13. The van der Waals surface area contributed by atoms with E-state index < -0.39 is 85.0 Å². The minimum atomic E-state index is -7.92. The molecule has 0 aliphatic carbocycles. The number of hydrogen-bond acceptors (Lipinski definition) is 9. The largest absolute Gasteiger partial charge is 0.464 e. The van der Waals surface area contributed by atoms with E-state index in [9.17, 15) is 85.2 Å². The molecule has 0 spiro atoms. The van der Waals surface area contributed by atoms with Crippen molar-refractivity contribution in [3.05, 3.63) is 38.4 Å². The molecular weight excluding hydrogens is 615 g/mol. The number of alkyl halides is 12. The number of halogens is 13. The molecule has 0 unspecified atom stereocenters. The van der Waals surface area contributed by atoms with Crippen LogP contribution in [0.1, 0.15) is 6.42 Å². The quantitative estimate of drug-likeness (QED) is 0.102. The molecule has 0 heterocycles. The number of ether oxygens (including phenoxy) is 1. The normalized spacial score (nSPS) is 14.5. The van der Waals surface area contributed by atoms with Crippen molar-refractivity contribution >= 4 is 33.5 Å². The Hall–Kier alpha value is -3.51. The Kier molecular flexibility index (Phi) is 8.79. The topological polar surface area (TPSA) is 154 Å². The Bertz CT molecular complexity index is 1260. The summed E-state index contributed by atoms with van der Waals surface area (Å²) < 4.78 is 194. The summed E-state index contributed by atoms with van der Waals surface area (Å²) in [6, 6.07) is 1.43. The first kappa shape index (κ1) is 33.5. The van der Waals surface area contributed by atoms with Gasteiger partial charge in [-0.1, -0.05) is 3.89 Å². The summed E-state index contributed by atoms with van der Waals surface area (Å²) in [5.74, 6) is -21.7. The van der Waals surface area contributed by atoms with Crippen LogP contribution in [0.25, 0.3) is 0 Å². The van der Waals surface area contributed by atoms with Gasteiger partial charge in [0.25, 0.3) is 5.69 Å². The fourth-order valence-electron chi connectivity index (χ4n) is 2.12. The number of benzene rings is 1. The van der Waals surface area contributed by atoms with Gasteiger partial charge < -0.3 is 0 Å².